The van der Waals surface area contributed by atoms with Gasteiger partial charge < -0.3 is 19.9 Å². The zero-order valence-corrected chi connectivity index (χ0v) is 15.3. The van der Waals surface area contributed by atoms with E-state index in [1.54, 1.807) is 25.9 Å². The monoisotopic (exact) mass is 360 g/mol. The maximum absolute atomic E-state index is 12.5. The Morgan fingerprint density at radius 2 is 1.73 bits per heavy atom. The number of nitrogens with zero attached hydrogens (tertiary/aromatic N) is 3. The number of imide groups is 1. The summed E-state index contributed by atoms with van der Waals surface area (Å²) in [4.78, 5) is 41.5. The SMILES string of the molecule is COc1ccc(N2CCN(C(=O)CN3C(=O)NC(C)(C)C3=O)CC2)cc1. The van der Waals surface area contributed by atoms with E-state index < -0.39 is 11.6 Å². The molecule has 1 N–H and O–H groups in total. The lowest BCUT2D eigenvalue weighted by Gasteiger charge is -2.36. The van der Waals surface area contributed by atoms with Crippen LogP contribution in [0.25, 0.3) is 0 Å². The van der Waals surface area contributed by atoms with Crippen molar-refractivity contribution in [3.63, 3.8) is 0 Å². The largest absolute Gasteiger partial charge is 0.497 e. The zero-order chi connectivity index (χ0) is 18.9. The van der Waals surface area contributed by atoms with Gasteiger partial charge in [0.2, 0.25) is 5.91 Å². The highest BCUT2D eigenvalue weighted by Crippen LogP contribution is 2.21. The molecule has 8 heteroatoms. The van der Waals surface area contributed by atoms with Crippen LogP contribution in [0.3, 0.4) is 0 Å². The van der Waals surface area contributed by atoms with Crippen molar-refractivity contribution in [2.24, 2.45) is 0 Å². The van der Waals surface area contributed by atoms with Gasteiger partial charge in [0.25, 0.3) is 5.91 Å². The van der Waals surface area contributed by atoms with Gasteiger partial charge in [-0.25, -0.2) is 4.79 Å². The number of piperazine rings is 1. The van der Waals surface area contributed by atoms with Crippen LogP contribution in [0.4, 0.5) is 10.5 Å². The molecule has 140 valence electrons. The van der Waals surface area contributed by atoms with Gasteiger partial charge in [0.15, 0.2) is 0 Å². The molecule has 2 heterocycles. The molecule has 0 aliphatic carbocycles. The maximum Gasteiger partial charge on any atom is 0.325 e. The molecule has 26 heavy (non-hydrogen) atoms. The molecule has 0 saturated carbocycles. The van der Waals surface area contributed by atoms with Crippen LogP contribution < -0.4 is 15.0 Å². The summed E-state index contributed by atoms with van der Waals surface area (Å²) in [5.74, 6) is 0.229. The Morgan fingerprint density at radius 1 is 1.12 bits per heavy atom. The number of carbonyl (C=O) groups is 3. The Morgan fingerprint density at radius 3 is 2.23 bits per heavy atom. The Balaban J connectivity index is 1.55. The van der Waals surface area contributed by atoms with Crippen molar-refractivity contribution in [3.8, 4) is 5.75 Å². The van der Waals surface area contributed by atoms with Crippen molar-refractivity contribution < 1.29 is 19.1 Å². The third-order valence-electron chi connectivity index (χ3n) is 4.81. The average molecular weight is 360 g/mol. The summed E-state index contributed by atoms with van der Waals surface area (Å²) < 4.78 is 5.16. The van der Waals surface area contributed by atoms with Crippen LogP contribution in [0.5, 0.6) is 5.75 Å². The number of benzene rings is 1. The summed E-state index contributed by atoms with van der Waals surface area (Å²) in [6.45, 7) is 5.55. The molecule has 1 aromatic rings. The van der Waals surface area contributed by atoms with E-state index in [-0.39, 0.29) is 18.4 Å². The van der Waals surface area contributed by atoms with Crippen LogP contribution in [0.2, 0.25) is 0 Å². The first-order chi connectivity index (χ1) is 12.3. The van der Waals surface area contributed by atoms with Gasteiger partial charge in [-0.05, 0) is 38.1 Å². The van der Waals surface area contributed by atoms with E-state index >= 15 is 0 Å². The summed E-state index contributed by atoms with van der Waals surface area (Å²) in [5.41, 5.74) is 0.124. The normalized spacial score (nSPS) is 19.6. The Hall–Kier alpha value is -2.77. The minimum Gasteiger partial charge on any atom is -0.497 e. The maximum atomic E-state index is 12.5. The Labute approximate surface area is 152 Å². The van der Waals surface area contributed by atoms with E-state index in [0.717, 1.165) is 16.3 Å². The molecular formula is C18H24N4O4. The summed E-state index contributed by atoms with van der Waals surface area (Å²) in [7, 11) is 1.63. The molecule has 2 aliphatic heterocycles. The number of urea groups is 1. The van der Waals surface area contributed by atoms with Crippen molar-refractivity contribution in [2.75, 3.05) is 44.7 Å². The molecule has 8 nitrogen and oxygen atoms in total. The highest BCUT2D eigenvalue weighted by Gasteiger charge is 2.45. The van der Waals surface area contributed by atoms with E-state index in [9.17, 15) is 14.4 Å². The fourth-order valence-corrected chi connectivity index (χ4v) is 3.20. The van der Waals surface area contributed by atoms with E-state index in [1.165, 1.54) is 0 Å². The molecule has 2 fully saturated rings. The van der Waals surface area contributed by atoms with E-state index in [1.807, 2.05) is 24.3 Å². The molecule has 3 rings (SSSR count). The van der Waals surface area contributed by atoms with Crippen LogP contribution in [0.15, 0.2) is 24.3 Å². The summed E-state index contributed by atoms with van der Waals surface area (Å²) in [6.07, 6.45) is 0. The van der Waals surface area contributed by atoms with Crippen LogP contribution in [0.1, 0.15) is 13.8 Å². The number of rotatable bonds is 4. The van der Waals surface area contributed by atoms with Gasteiger partial charge in [-0.1, -0.05) is 0 Å². The minimum absolute atomic E-state index is 0.208. The number of ether oxygens (including phenoxy) is 1. The number of hydrogen-bond donors (Lipinski definition) is 1. The van der Waals surface area contributed by atoms with Crippen molar-refractivity contribution in [2.45, 2.75) is 19.4 Å². The first-order valence-electron chi connectivity index (χ1n) is 8.63. The lowest BCUT2D eigenvalue weighted by atomic mass is 10.1. The van der Waals surface area contributed by atoms with Crippen molar-refractivity contribution in [1.82, 2.24) is 15.1 Å². The number of nitrogens with one attached hydrogen (secondary N) is 1. The number of hydrogen-bond acceptors (Lipinski definition) is 5. The average Bonchev–Trinajstić information content (AvgIpc) is 2.83. The summed E-state index contributed by atoms with van der Waals surface area (Å²) >= 11 is 0. The Kier molecular flexibility index (Phi) is 4.76. The van der Waals surface area contributed by atoms with Crippen LogP contribution in [-0.4, -0.2) is 73.0 Å². The van der Waals surface area contributed by atoms with Gasteiger partial charge in [0.05, 0.1) is 7.11 Å². The standard InChI is InChI=1S/C18H24N4O4/c1-18(2)16(24)22(17(25)19-18)12-15(23)21-10-8-20(9-11-21)13-4-6-14(26-3)7-5-13/h4-7H,8-12H2,1-3H3,(H,19,25). The highest BCUT2D eigenvalue weighted by atomic mass is 16.5. The van der Waals surface area contributed by atoms with Crippen molar-refractivity contribution in [1.29, 1.82) is 0 Å². The van der Waals surface area contributed by atoms with Gasteiger partial charge in [-0.3, -0.25) is 14.5 Å². The number of anilines is 1. The second kappa shape index (κ2) is 6.86. The molecule has 0 aromatic heterocycles. The third-order valence-corrected chi connectivity index (χ3v) is 4.81. The predicted molar refractivity (Wildman–Crippen MR) is 96.1 cm³/mol. The molecule has 0 atom stereocenters. The lowest BCUT2D eigenvalue weighted by molar-refractivity contribution is -0.138. The Bertz CT molecular complexity index is 708. The molecule has 1 aromatic carbocycles. The van der Waals surface area contributed by atoms with E-state index in [4.69, 9.17) is 4.74 Å². The lowest BCUT2D eigenvalue weighted by Crippen LogP contribution is -2.52. The molecule has 0 radical (unpaired) electrons. The first-order valence-corrected chi connectivity index (χ1v) is 8.63. The van der Waals surface area contributed by atoms with Gasteiger partial charge in [-0.2, -0.15) is 0 Å². The fraction of sp³-hybridized carbons (Fsp3) is 0.500. The highest BCUT2D eigenvalue weighted by molar-refractivity contribution is 6.08. The fourth-order valence-electron chi connectivity index (χ4n) is 3.20. The van der Waals surface area contributed by atoms with Gasteiger partial charge in [0, 0.05) is 31.9 Å². The second-order valence-corrected chi connectivity index (χ2v) is 7.01. The van der Waals surface area contributed by atoms with Gasteiger partial charge in [0.1, 0.15) is 17.8 Å². The molecule has 2 aliphatic rings. The molecule has 0 bridgehead atoms. The smallest absolute Gasteiger partial charge is 0.325 e. The first kappa shape index (κ1) is 18.0. The van der Waals surface area contributed by atoms with Crippen molar-refractivity contribution in [3.05, 3.63) is 24.3 Å². The summed E-state index contributed by atoms with van der Waals surface area (Å²) in [5, 5.41) is 2.59. The van der Waals surface area contributed by atoms with E-state index in [2.05, 4.69) is 10.2 Å². The van der Waals surface area contributed by atoms with Crippen LogP contribution in [0, 0.1) is 0 Å². The minimum atomic E-state index is -0.954. The molecule has 0 unspecified atom stereocenters. The topological polar surface area (TPSA) is 82.2 Å². The number of amides is 4. The molecular weight excluding hydrogens is 336 g/mol. The second-order valence-electron chi connectivity index (χ2n) is 7.01. The van der Waals surface area contributed by atoms with Crippen LogP contribution in [-0.2, 0) is 9.59 Å². The van der Waals surface area contributed by atoms with Crippen molar-refractivity contribution >= 4 is 23.5 Å². The number of methoxy groups -OCH3 is 1. The molecule has 0 spiro atoms. The van der Waals surface area contributed by atoms with Gasteiger partial charge >= 0.3 is 6.03 Å². The molecule has 2 saturated heterocycles. The third kappa shape index (κ3) is 3.44. The summed E-state index contributed by atoms with van der Waals surface area (Å²) in [6, 6.07) is 7.29. The zero-order valence-electron chi connectivity index (χ0n) is 15.3. The predicted octanol–water partition coefficient (Wildman–Crippen LogP) is 0.674. The molecule has 4 amide bonds. The number of carbonyl (C=O) groups excluding carboxylic acids is 3. The quantitative estimate of drug-likeness (QED) is 0.799. The van der Waals surface area contributed by atoms with Crippen LogP contribution >= 0.6 is 0 Å². The van der Waals surface area contributed by atoms with Gasteiger partial charge in [-0.15, -0.1) is 0 Å². The van der Waals surface area contributed by atoms with E-state index in [0.29, 0.717) is 26.2 Å².